The minimum atomic E-state index is 0.826. The van der Waals surface area contributed by atoms with Gasteiger partial charge in [0.05, 0.1) is 6.26 Å². The van der Waals surface area contributed by atoms with E-state index in [1.165, 1.54) is 6.26 Å². The predicted molar refractivity (Wildman–Crippen MR) is 48.6 cm³/mol. The van der Waals surface area contributed by atoms with E-state index in [0.29, 0.717) is 0 Å². The van der Waals surface area contributed by atoms with E-state index in [4.69, 9.17) is 4.74 Å². The van der Waals surface area contributed by atoms with E-state index in [-0.39, 0.29) is 0 Å². The topological polar surface area (TPSA) is 9.23 Å². The van der Waals surface area contributed by atoms with Crippen molar-refractivity contribution in [2.24, 2.45) is 0 Å². The number of para-hydroxylation sites is 1. The molecule has 1 aromatic rings. The van der Waals surface area contributed by atoms with Crippen LogP contribution >= 0.6 is 0 Å². The van der Waals surface area contributed by atoms with E-state index >= 15 is 0 Å². The Labute approximate surface area is 68.3 Å². The summed E-state index contributed by atoms with van der Waals surface area (Å²) in [7, 11) is 0. The van der Waals surface area contributed by atoms with Gasteiger partial charge >= 0.3 is 0 Å². The Morgan fingerprint density at radius 3 is 2.18 bits per heavy atom. The van der Waals surface area contributed by atoms with Crippen LogP contribution in [0.5, 0.6) is 5.75 Å². The summed E-state index contributed by atoms with van der Waals surface area (Å²) >= 11 is 0. The van der Waals surface area contributed by atoms with E-state index in [0.717, 1.165) is 5.75 Å². The summed E-state index contributed by atoms with van der Waals surface area (Å²) in [5.74, 6) is 0.826. The smallest absolute Gasteiger partial charge is 0.126 e. The molecule has 0 amide bonds. The van der Waals surface area contributed by atoms with Gasteiger partial charge in [-0.05, 0) is 12.1 Å². The molecule has 0 saturated carbocycles. The van der Waals surface area contributed by atoms with Crippen molar-refractivity contribution in [3.8, 4) is 5.75 Å². The van der Waals surface area contributed by atoms with Gasteiger partial charge in [-0.15, -0.1) is 0 Å². The van der Waals surface area contributed by atoms with Crippen molar-refractivity contribution >= 4 is 0 Å². The fourth-order valence-electron chi connectivity index (χ4n) is 0.595. The maximum Gasteiger partial charge on any atom is 0.126 e. The highest BCUT2D eigenvalue weighted by Crippen LogP contribution is 2.07. The summed E-state index contributed by atoms with van der Waals surface area (Å²) < 4.78 is 4.97. The molecule has 0 heterocycles. The number of rotatable bonds is 2. The molecule has 1 aromatic carbocycles. The van der Waals surface area contributed by atoms with Crippen molar-refractivity contribution in [3.05, 3.63) is 43.2 Å². The molecule has 0 radical (unpaired) electrons. The lowest BCUT2D eigenvalue weighted by Crippen LogP contribution is -1.76. The summed E-state index contributed by atoms with van der Waals surface area (Å²) in [4.78, 5) is 0. The van der Waals surface area contributed by atoms with Gasteiger partial charge in [0.2, 0.25) is 0 Å². The maximum absolute atomic E-state index is 4.97. The number of hydrogen-bond donors (Lipinski definition) is 0. The molecule has 0 aliphatic heterocycles. The lowest BCUT2D eigenvalue weighted by molar-refractivity contribution is 0.483. The monoisotopic (exact) mass is 150 g/mol. The summed E-state index contributed by atoms with van der Waals surface area (Å²) in [6.07, 6.45) is 1.41. The minimum Gasteiger partial charge on any atom is -0.466 e. The first kappa shape index (κ1) is 9.76. The van der Waals surface area contributed by atoms with Crippen LogP contribution in [0, 0.1) is 0 Å². The largest absolute Gasteiger partial charge is 0.466 e. The Morgan fingerprint density at radius 1 is 1.18 bits per heavy atom. The summed E-state index contributed by atoms with van der Waals surface area (Å²) in [6, 6.07) is 9.52. The molecule has 1 nitrogen and oxygen atoms in total. The zero-order valence-electron chi connectivity index (χ0n) is 7.08. The lowest BCUT2D eigenvalue weighted by atomic mass is 10.3. The number of hydrogen-bond acceptors (Lipinski definition) is 1. The second-order valence-electron chi connectivity index (χ2n) is 1.60. The molecule has 1 heteroatoms. The fraction of sp³-hybridized carbons (Fsp3) is 0.200. The molecule has 0 aromatic heterocycles. The van der Waals surface area contributed by atoms with Gasteiger partial charge in [0.1, 0.15) is 5.75 Å². The van der Waals surface area contributed by atoms with E-state index in [2.05, 4.69) is 6.58 Å². The van der Waals surface area contributed by atoms with Gasteiger partial charge in [0.15, 0.2) is 0 Å². The Morgan fingerprint density at radius 2 is 1.73 bits per heavy atom. The molecule has 0 bridgehead atoms. The molecular weight excluding hydrogens is 136 g/mol. The summed E-state index contributed by atoms with van der Waals surface area (Å²) in [6.45, 7) is 7.43. The molecule has 11 heavy (non-hydrogen) atoms. The van der Waals surface area contributed by atoms with Crippen molar-refractivity contribution in [2.45, 2.75) is 13.8 Å². The Hall–Kier alpha value is -1.24. The molecule has 0 unspecified atom stereocenters. The molecule has 0 N–H and O–H groups in total. The van der Waals surface area contributed by atoms with Gasteiger partial charge in [-0.25, -0.2) is 0 Å². The van der Waals surface area contributed by atoms with Crippen LogP contribution in [0.3, 0.4) is 0 Å². The highest BCUT2D eigenvalue weighted by Gasteiger charge is 1.82. The van der Waals surface area contributed by atoms with Gasteiger partial charge in [-0.1, -0.05) is 38.6 Å². The second kappa shape index (κ2) is 6.87. The molecule has 0 aliphatic carbocycles. The van der Waals surface area contributed by atoms with Crippen LogP contribution in [-0.4, -0.2) is 0 Å². The molecule has 0 saturated heterocycles. The van der Waals surface area contributed by atoms with Gasteiger partial charge in [0, 0.05) is 0 Å². The van der Waals surface area contributed by atoms with E-state index in [9.17, 15) is 0 Å². The van der Waals surface area contributed by atoms with E-state index in [1.54, 1.807) is 0 Å². The SMILES string of the molecule is C=COc1ccccc1.CC. The van der Waals surface area contributed by atoms with E-state index < -0.39 is 0 Å². The highest BCUT2D eigenvalue weighted by atomic mass is 16.5. The zero-order valence-corrected chi connectivity index (χ0v) is 7.08. The third-order valence-electron chi connectivity index (χ3n) is 0.963. The number of ether oxygens (including phenoxy) is 1. The average molecular weight is 150 g/mol. The van der Waals surface area contributed by atoms with Crippen LogP contribution in [0.25, 0.3) is 0 Å². The van der Waals surface area contributed by atoms with Crippen molar-refractivity contribution < 1.29 is 4.74 Å². The lowest BCUT2D eigenvalue weighted by Gasteiger charge is -1.95. The third-order valence-corrected chi connectivity index (χ3v) is 0.963. The maximum atomic E-state index is 4.97. The number of benzene rings is 1. The molecular formula is C10H14O. The summed E-state index contributed by atoms with van der Waals surface area (Å²) in [5, 5.41) is 0. The normalized spacial score (nSPS) is 7.45. The fourth-order valence-corrected chi connectivity index (χ4v) is 0.595. The quantitative estimate of drug-likeness (QED) is 0.588. The van der Waals surface area contributed by atoms with Crippen molar-refractivity contribution in [2.75, 3.05) is 0 Å². The molecule has 1 rings (SSSR count). The van der Waals surface area contributed by atoms with Crippen molar-refractivity contribution in [1.29, 1.82) is 0 Å². The Balaban J connectivity index is 0.000000461. The predicted octanol–water partition coefficient (Wildman–Crippen LogP) is 3.24. The van der Waals surface area contributed by atoms with Crippen LogP contribution in [-0.2, 0) is 0 Å². The zero-order chi connectivity index (χ0) is 8.53. The van der Waals surface area contributed by atoms with Gasteiger partial charge in [0.25, 0.3) is 0 Å². The van der Waals surface area contributed by atoms with Crippen LogP contribution in [0.15, 0.2) is 43.2 Å². The third kappa shape index (κ3) is 4.20. The molecule has 0 fully saturated rings. The van der Waals surface area contributed by atoms with Crippen LogP contribution in [0.4, 0.5) is 0 Å². The van der Waals surface area contributed by atoms with Crippen molar-refractivity contribution in [3.63, 3.8) is 0 Å². The molecule has 0 spiro atoms. The summed E-state index contributed by atoms with van der Waals surface area (Å²) in [5.41, 5.74) is 0. The average Bonchev–Trinajstić information content (AvgIpc) is 2.11. The van der Waals surface area contributed by atoms with Gasteiger partial charge < -0.3 is 4.74 Å². The van der Waals surface area contributed by atoms with Crippen LogP contribution < -0.4 is 4.74 Å². The first-order valence-corrected chi connectivity index (χ1v) is 3.76. The molecule has 0 atom stereocenters. The molecule has 0 aliphatic rings. The van der Waals surface area contributed by atoms with Crippen LogP contribution in [0.1, 0.15) is 13.8 Å². The van der Waals surface area contributed by atoms with Gasteiger partial charge in [-0.3, -0.25) is 0 Å². The minimum absolute atomic E-state index is 0.826. The second-order valence-corrected chi connectivity index (χ2v) is 1.60. The van der Waals surface area contributed by atoms with Gasteiger partial charge in [-0.2, -0.15) is 0 Å². The Bertz CT molecular complexity index is 179. The Kier molecular flexibility index (Phi) is 6.10. The van der Waals surface area contributed by atoms with E-state index in [1.807, 2.05) is 44.2 Å². The van der Waals surface area contributed by atoms with Crippen molar-refractivity contribution in [1.82, 2.24) is 0 Å². The first-order chi connectivity index (χ1) is 5.43. The molecule has 60 valence electrons. The first-order valence-electron chi connectivity index (χ1n) is 3.76. The standard InChI is InChI=1S/C8H8O.C2H6/c1-2-9-8-6-4-3-5-7-8;1-2/h2-7H,1H2;1-2H3. The highest BCUT2D eigenvalue weighted by molar-refractivity contribution is 5.21. The van der Waals surface area contributed by atoms with Crippen LogP contribution in [0.2, 0.25) is 0 Å².